The van der Waals surface area contributed by atoms with Gasteiger partial charge in [0.05, 0.1) is 18.4 Å². The van der Waals surface area contributed by atoms with E-state index in [4.69, 9.17) is 4.52 Å². The topological polar surface area (TPSA) is 80.3 Å². The summed E-state index contributed by atoms with van der Waals surface area (Å²) in [6, 6.07) is 0. The molecule has 7 heteroatoms. The van der Waals surface area contributed by atoms with Gasteiger partial charge in [-0.2, -0.15) is 5.10 Å². The number of nitrogens with zero attached hydrogens (tertiary/aromatic N) is 4. The van der Waals surface area contributed by atoms with Crippen LogP contribution >= 0.6 is 0 Å². The minimum absolute atomic E-state index is 0.591. The highest BCUT2D eigenvalue weighted by molar-refractivity contribution is 5.79. The molecule has 0 bridgehead atoms. The first-order chi connectivity index (χ1) is 11.2. The fourth-order valence-electron chi connectivity index (χ4n) is 2.38. The van der Waals surface area contributed by atoms with Gasteiger partial charge in [-0.05, 0) is 13.3 Å². The van der Waals surface area contributed by atoms with Crippen molar-refractivity contribution in [3.8, 4) is 0 Å². The average molecular weight is 318 g/mol. The van der Waals surface area contributed by atoms with E-state index in [0.717, 1.165) is 47.9 Å². The largest absolute Gasteiger partial charge is 0.361 e. The van der Waals surface area contributed by atoms with Gasteiger partial charge in [0.2, 0.25) is 0 Å². The second-order valence-electron chi connectivity index (χ2n) is 5.31. The van der Waals surface area contributed by atoms with Crippen LogP contribution in [0, 0.1) is 0 Å². The van der Waals surface area contributed by atoms with E-state index in [1.807, 2.05) is 19.4 Å². The fraction of sp³-hybridized carbons (Fsp3) is 0.562. The van der Waals surface area contributed by atoms with Crippen molar-refractivity contribution < 1.29 is 4.52 Å². The van der Waals surface area contributed by atoms with E-state index in [0.29, 0.717) is 13.1 Å². The number of aromatic nitrogens is 3. The Morgan fingerprint density at radius 1 is 1.26 bits per heavy atom. The molecule has 2 rings (SSSR count). The lowest BCUT2D eigenvalue weighted by atomic mass is 10.1. The predicted octanol–water partition coefficient (Wildman–Crippen LogP) is 1.79. The van der Waals surface area contributed by atoms with Crippen LogP contribution in [0.3, 0.4) is 0 Å². The van der Waals surface area contributed by atoms with Gasteiger partial charge in [-0.1, -0.05) is 19.0 Å². The first kappa shape index (κ1) is 17.1. The normalized spacial score (nSPS) is 11.7. The van der Waals surface area contributed by atoms with Crippen LogP contribution in [0.25, 0.3) is 0 Å². The van der Waals surface area contributed by atoms with Crippen LogP contribution in [-0.2, 0) is 33.0 Å². The molecule has 23 heavy (non-hydrogen) atoms. The number of hydrogen-bond acceptors (Lipinski definition) is 4. The minimum atomic E-state index is 0.591. The summed E-state index contributed by atoms with van der Waals surface area (Å²) in [4.78, 5) is 4.60. The molecule has 0 saturated carbocycles. The van der Waals surface area contributed by atoms with E-state index in [2.05, 4.69) is 46.7 Å². The lowest BCUT2D eigenvalue weighted by molar-refractivity contribution is 0.380. The van der Waals surface area contributed by atoms with Crippen LogP contribution in [0.15, 0.2) is 21.9 Å². The quantitative estimate of drug-likeness (QED) is 0.601. The molecule has 0 aliphatic carbocycles. The molecular weight excluding hydrogens is 292 g/mol. The highest BCUT2D eigenvalue weighted by Crippen LogP contribution is 2.15. The SMILES string of the molecule is CCNC(=NCc1cnn(C)c1)NCc1c(CC)noc1CC. The summed E-state index contributed by atoms with van der Waals surface area (Å²) in [5.41, 5.74) is 3.23. The average Bonchev–Trinajstić information content (AvgIpc) is 3.15. The van der Waals surface area contributed by atoms with Crippen molar-refractivity contribution in [1.82, 2.24) is 25.6 Å². The van der Waals surface area contributed by atoms with Crippen molar-refractivity contribution in [2.24, 2.45) is 12.0 Å². The van der Waals surface area contributed by atoms with Crippen molar-refractivity contribution in [3.63, 3.8) is 0 Å². The van der Waals surface area contributed by atoms with Crippen molar-refractivity contribution in [3.05, 3.63) is 35.0 Å². The van der Waals surface area contributed by atoms with Crippen molar-refractivity contribution in [1.29, 1.82) is 0 Å². The molecular formula is C16H26N6O. The molecule has 0 unspecified atom stereocenters. The third-order valence-electron chi connectivity index (χ3n) is 3.56. The lowest BCUT2D eigenvalue weighted by Crippen LogP contribution is -2.37. The maximum Gasteiger partial charge on any atom is 0.191 e. The zero-order valence-electron chi connectivity index (χ0n) is 14.4. The molecule has 2 aromatic rings. The summed E-state index contributed by atoms with van der Waals surface area (Å²) in [6.45, 7) is 8.27. The Kier molecular flexibility index (Phi) is 6.19. The van der Waals surface area contributed by atoms with E-state index in [1.54, 1.807) is 4.68 Å². The number of aryl methyl sites for hydroxylation is 3. The van der Waals surface area contributed by atoms with Crippen LogP contribution in [0.1, 0.15) is 43.4 Å². The Bertz CT molecular complexity index is 621. The van der Waals surface area contributed by atoms with Crippen molar-refractivity contribution in [2.75, 3.05) is 6.54 Å². The molecule has 0 atom stereocenters. The summed E-state index contributed by atoms with van der Waals surface area (Å²) < 4.78 is 7.18. The summed E-state index contributed by atoms with van der Waals surface area (Å²) in [7, 11) is 1.90. The van der Waals surface area contributed by atoms with Crippen LogP contribution in [0.4, 0.5) is 0 Å². The Hall–Kier alpha value is -2.31. The number of aliphatic imine (C=N–C) groups is 1. The second-order valence-corrected chi connectivity index (χ2v) is 5.31. The first-order valence-corrected chi connectivity index (χ1v) is 8.13. The molecule has 0 aromatic carbocycles. The smallest absolute Gasteiger partial charge is 0.191 e. The van der Waals surface area contributed by atoms with Crippen LogP contribution in [0.2, 0.25) is 0 Å². The van der Waals surface area contributed by atoms with Gasteiger partial charge in [-0.25, -0.2) is 4.99 Å². The van der Waals surface area contributed by atoms with Gasteiger partial charge in [-0.15, -0.1) is 0 Å². The standard InChI is InChI=1S/C16H26N6O/c1-5-14-13(15(6-2)23-21-14)10-19-16(17-7-3)18-8-12-9-20-22(4)11-12/h9,11H,5-8,10H2,1-4H3,(H2,17,18,19). The second kappa shape index (κ2) is 8.36. The number of nitrogens with one attached hydrogen (secondary N) is 2. The predicted molar refractivity (Wildman–Crippen MR) is 90.1 cm³/mol. The molecule has 0 amide bonds. The molecule has 2 heterocycles. The van der Waals surface area contributed by atoms with Crippen LogP contribution in [0.5, 0.6) is 0 Å². The Morgan fingerprint density at radius 2 is 2.09 bits per heavy atom. The van der Waals surface area contributed by atoms with Gasteiger partial charge in [-0.3, -0.25) is 4.68 Å². The zero-order valence-corrected chi connectivity index (χ0v) is 14.4. The van der Waals surface area contributed by atoms with Gasteiger partial charge in [0, 0.05) is 43.9 Å². The summed E-state index contributed by atoms with van der Waals surface area (Å²) in [5.74, 6) is 1.72. The third kappa shape index (κ3) is 4.58. The molecule has 126 valence electrons. The lowest BCUT2D eigenvalue weighted by Gasteiger charge is -2.11. The number of guanidine groups is 1. The van der Waals surface area contributed by atoms with Gasteiger partial charge < -0.3 is 15.2 Å². The van der Waals surface area contributed by atoms with Crippen LogP contribution < -0.4 is 10.6 Å². The van der Waals surface area contributed by atoms with Crippen molar-refractivity contribution in [2.45, 2.75) is 46.7 Å². The van der Waals surface area contributed by atoms with Gasteiger partial charge >= 0.3 is 0 Å². The van der Waals surface area contributed by atoms with Gasteiger partial charge in [0.15, 0.2) is 5.96 Å². The maximum absolute atomic E-state index is 5.40. The minimum Gasteiger partial charge on any atom is -0.361 e. The maximum atomic E-state index is 5.40. The summed E-state index contributed by atoms with van der Waals surface area (Å²) in [5, 5.41) is 14.9. The van der Waals surface area contributed by atoms with Gasteiger partial charge in [0.1, 0.15) is 5.76 Å². The highest BCUT2D eigenvalue weighted by atomic mass is 16.5. The third-order valence-corrected chi connectivity index (χ3v) is 3.56. The Labute approximate surface area is 137 Å². The van der Waals surface area contributed by atoms with E-state index in [1.165, 1.54) is 0 Å². The van der Waals surface area contributed by atoms with Crippen LogP contribution in [-0.4, -0.2) is 27.4 Å². The zero-order chi connectivity index (χ0) is 16.7. The van der Waals surface area contributed by atoms with Gasteiger partial charge in [0.25, 0.3) is 0 Å². The van der Waals surface area contributed by atoms with E-state index in [9.17, 15) is 0 Å². The molecule has 0 saturated heterocycles. The Balaban J connectivity index is 2.03. The molecule has 2 N–H and O–H groups in total. The fourth-order valence-corrected chi connectivity index (χ4v) is 2.38. The summed E-state index contributed by atoms with van der Waals surface area (Å²) in [6.07, 6.45) is 5.51. The van der Waals surface area contributed by atoms with E-state index >= 15 is 0 Å². The molecule has 0 fully saturated rings. The molecule has 0 spiro atoms. The molecule has 2 aromatic heterocycles. The first-order valence-electron chi connectivity index (χ1n) is 8.13. The molecule has 0 aliphatic heterocycles. The van der Waals surface area contributed by atoms with Crippen molar-refractivity contribution >= 4 is 5.96 Å². The molecule has 0 radical (unpaired) electrons. The monoisotopic (exact) mass is 318 g/mol. The van der Waals surface area contributed by atoms with E-state index in [-0.39, 0.29) is 0 Å². The van der Waals surface area contributed by atoms with E-state index < -0.39 is 0 Å². The molecule has 0 aliphatic rings. The number of rotatable bonds is 7. The summed E-state index contributed by atoms with van der Waals surface area (Å²) >= 11 is 0. The molecule has 7 nitrogen and oxygen atoms in total. The Morgan fingerprint density at radius 3 is 2.70 bits per heavy atom. The highest BCUT2D eigenvalue weighted by Gasteiger charge is 2.13. The number of hydrogen-bond donors (Lipinski definition) is 2.